The van der Waals surface area contributed by atoms with Crippen molar-refractivity contribution in [3.8, 4) is 0 Å². The van der Waals surface area contributed by atoms with Crippen LogP contribution in [0, 0.1) is 11.8 Å². The average Bonchev–Trinajstić information content (AvgIpc) is 3.30. The van der Waals surface area contributed by atoms with Gasteiger partial charge in [-0.25, -0.2) is 0 Å². The Bertz CT molecular complexity index is 717. The first-order valence-electron chi connectivity index (χ1n) is 10.8. The molecular formula is C20H32N4O5S. The SMILES string of the molecule is CNC(=O)[C@@H]1[C@H]2C(=O)N(CCO)C(C(=O)NCCN3CCOCC3)C23CC[C@@]1(C)S3. The highest BCUT2D eigenvalue weighted by Gasteiger charge is 2.76. The molecule has 4 aliphatic rings. The molecule has 0 aromatic heterocycles. The molecule has 0 aromatic rings. The van der Waals surface area contributed by atoms with Crippen LogP contribution in [0.25, 0.3) is 0 Å². The van der Waals surface area contributed by atoms with Gasteiger partial charge < -0.3 is 25.4 Å². The van der Waals surface area contributed by atoms with E-state index in [2.05, 4.69) is 15.5 Å². The van der Waals surface area contributed by atoms with Gasteiger partial charge in [-0.1, -0.05) is 0 Å². The minimum Gasteiger partial charge on any atom is -0.395 e. The fraction of sp³-hybridized carbons (Fsp3) is 0.850. The lowest BCUT2D eigenvalue weighted by Crippen LogP contribution is -2.55. The largest absolute Gasteiger partial charge is 0.395 e. The lowest BCUT2D eigenvalue weighted by atomic mass is 9.66. The molecule has 4 saturated heterocycles. The molecule has 2 bridgehead atoms. The Balaban J connectivity index is 1.54. The molecular weight excluding hydrogens is 408 g/mol. The van der Waals surface area contributed by atoms with Crippen molar-refractivity contribution in [3.63, 3.8) is 0 Å². The summed E-state index contributed by atoms with van der Waals surface area (Å²) >= 11 is 1.64. The molecule has 0 saturated carbocycles. The van der Waals surface area contributed by atoms with E-state index in [0.29, 0.717) is 19.8 Å². The number of likely N-dealkylation sites (tertiary alicyclic amines) is 1. The topological polar surface area (TPSA) is 111 Å². The second-order valence-electron chi connectivity index (χ2n) is 8.84. The monoisotopic (exact) mass is 440 g/mol. The van der Waals surface area contributed by atoms with Gasteiger partial charge in [0.1, 0.15) is 6.04 Å². The molecule has 30 heavy (non-hydrogen) atoms. The summed E-state index contributed by atoms with van der Waals surface area (Å²) in [6, 6.07) is -0.659. The summed E-state index contributed by atoms with van der Waals surface area (Å²) in [5.74, 6) is -1.48. The summed E-state index contributed by atoms with van der Waals surface area (Å²) < 4.78 is 4.40. The highest BCUT2D eigenvalue weighted by atomic mass is 32.2. The highest BCUT2D eigenvalue weighted by molar-refractivity contribution is 8.02. The van der Waals surface area contributed by atoms with Crippen LogP contribution in [-0.2, 0) is 19.1 Å². The van der Waals surface area contributed by atoms with Crippen LogP contribution in [0.2, 0.25) is 0 Å². The summed E-state index contributed by atoms with van der Waals surface area (Å²) in [5, 5.41) is 15.3. The zero-order valence-electron chi connectivity index (χ0n) is 17.7. The van der Waals surface area contributed by atoms with Crippen LogP contribution in [-0.4, -0.2) is 108 Å². The van der Waals surface area contributed by atoms with Crippen molar-refractivity contribution in [2.24, 2.45) is 11.8 Å². The molecule has 2 unspecified atom stereocenters. The van der Waals surface area contributed by atoms with Crippen LogP contribution in [0.4, 0.5) is 0 Å². The quantitative estimate of drug-likeness (QED) is 0.449. The maximum Gasteiger partial charge on any atom is 0.244 e. The number of morpholine rings is 1. The van der Waals surface area contributed by atoms with Crippen molar-refractivity contribution >= 4 is 29.5 Å². The number of β-amino-alcohol motifs (C(OH)–C–C–N with tert-alkyl or cyclic N) is 1. The van der Waals surface area contributed by atoms with Gasteiger partial charge in [-0.05, 0) is 19.8 Å². The van der Waals surface area contributed by atoms with Crippen molar-refractivity contribution in [2.45, 2.75) is 35.3 Å². The van der Waals surface area contributed by atoms with Crippen molar-refractivity contribution in [3.05, 3.63) is 0 Å². The van der Waals surface area contributed by atoms with Crippen LogP contribution in [0.5, 0.6) is 0 Å². The van der Waals surface area contributed by atoms with Gasteiger partial charge in [0.05, 0.1) is 36.4 Å². The Labute approximate surface area is 181 Å². The fourth-order valence-electron chi connectivity index (χ4n) is 5.89. The minimum absolute atomic E-state index is 0.108. The molecule has 10 heteroatoms. The van der Waals surface area contributed by atoms with Gasteiger partial charge in [-0.3, -0.25) is 19.3 Å². The predicted molar refractivity (Wildman–Crippen MR) is 112 cm³/mol. The number of aliphatic hydroxyl groups excluding tert-OH is 1. The molecule has 9 nitrogen and oxygen atoms in total. The number of hydrogen-bond donors (Lipinski definition) is 3. The standard InChI is InChI=1S/C20H32N4O5S/c1-19-3-4-20(30-19)14(13(19)16(26)21-2)18(28)24(7-10-25)15(20)17(27)22-5-6-23-8-11-29-12-9-23/h13-15,25H,3-12H2,1-2H3,(H,21,26)(H,22,27)/t13-,14-,15?,19+,20?/m0/s1. The molecule has 0 aromatic carbocycles. The maximum atomic E-state index is 13.4. The van der Waals surface area contributed by atoms with Crippen molar-refractivity contribution in [1.82, 2.24) is 20.4 Å². The predicted octanol–water partition coefficient (Wildman–Crippen LogP) is -1.35. The second kappa shape index (κ2) is 8.29. The van der Waals surface area contributed by atoms with Gasteiger partial charge in [-0.2, -0.15) is 0 Å². The molecule has 4 rings (SSSR count). The van der Waals surface area contributed by atoms with Crippen molar-refractivity contribution in [2.75, 3.05) is 59.6 Å². The molecule has 5 atom stereocenters. The third-order valence-corrected chi connectivity index (χ3v) is 9.21. The van der Waals surface area contributed by atoms with Crippen LogP contribution in [0.3, 0.4) is 0 Å². The molecule has 3 N–H and O–H groups in total. The summed E-state index contributed by atoms with van der Waals surface area (Å²) in [6.07, 6.45) is 1.52. The van der Waals surface area contributed by atoms with E-state index in [0.717, 1.165) is 32.5 Å². The smallest absolute Gasteiger partial charge is 0.244 e. The zero-order valence-corrected chi connectivity index (χ0v) is 18.5. The number of thioether (sulfide) groups is 1. The van der Waals surface area contributed by atoms with E-state index in [4.69, 9.17) is 4.74 Å². The van der Waals surface area contributed by atoms with Crippen LogP contribution < -0.4 is 10.6 Å². The third-order valence-electron chi connectivity index (χ3n) is 7.23. The molecule has 168 valence electrons. The van der Waals surface area contributed by atoms with E-state index in [1.54, 1.807) is 18.8 Å². The van der Waals surface area contributed by atoms with Gasteiger partial charge >= 0.3 is 0 Å². The van der Waals surface area contributed by atoms with E-state index in [1.807, 2.05) is 6.92 Å². The lowest BCUT2D eigenvalue weighted by molar-refractivity contribution is -0.140. The maximum absolute atomic E-state index is 13.4. The second-order valence-corrected chi connectivity index (χ2v) is 10.7. The van der Waals surface area contributed by atoms with E-state index in [9.17, 15) is 19.5 Å². The van der Waals surface area contributed by atoms with Gasteiger partial charge in [0.15, 0.2) is 0 Å². The van der Waals surface area contributed by atoms with E-state index < -0.39 is 22.6 Å². The Morgan fingerprint density at radius 1 is 1.23 bits per heavy atom. The molecule has 4 aliphatic heterocycles. The molecule has 4 heterocycles. The first-order chi connectivity index (χ1) is 14.4. The normalized spacial score (nSPS) is 38.0. The number of nitrogens with one attached hydrogen (secondary N) is 2. The van der Waals surface area contributed by atoms with Gasteiger partial charge in [0.2, 0.25) is 17.7 Å². The Hall–Kier alpha value is -1.36. The molecule has 1 spiro atoms. The number of aliphatic hydroxyl groups is 1. The van der Waals surface area contributed by atoms with Crippen molar-refractivity contribution in [1.29, 1.82) is 0 Å². The third kappa shape index (κ3) is 3.32. The van der Waals surface area contributed by atoms with E-state index in [-0.39, 0.29) is 35.6 Å². The Morgan fingerprint density at radius 2 is 1.97 bits per heavy atom. The van der Waals surface area contributed by atoms with Crippen molar-refractivity contribution < 1.29 is 24.2 Å². The van der Waals surface area contributed by atoms with Gasteiger partial charge in [-0.15, -0.1) is 11.8 Å². The Morgan fingerprint density at radius 3 is 2.63 bits per heavy atom. The molecule has 4 fully saturated rings. The van der Waals surface area contributed by atoms with Gasteiger partial charge in [0.25, 0.3) is 0 Å². The Kier molecular flexibility index (Phi) is 6.04. The molecule has 0 aliphatic carbocycles. The number of carbonyl (C=O) groups excluding carboxylic acids is 3. The number of amides is 3. The number of fused-ring (bicyclic) bond motifs is 1. The molecule has 3 amide bonds. The summed E-state index contributed by atoms with van der Waals surface area (Å²) in [6.45, 7) is 6.28. The summed E-state index contributed by atoms with van der Waals surface area (Å²) in [7, 11) is 1.59. The average molecular weight is 441 g/mol. The minimum atomic E-state index is -0.659. The number of carbonyl (C=O) groups is 3. The number of hydrogen-bond acceptors (Lipinski definition) is 7. The van der Waals surface area contributed by atoms with Crippen LogP contribution in [0.15, 0.2) is 0 Å². The van der Waals surface area contributed by atoms with Crippen LogP contribution >= 0.6 is 11.8 Å². The fourth-order valence-corrected chi connectivity index (χ4v) is 8.25. The summed E-state index contributed by atoms with van der Waals surface area (Å²) in [4.78, 5) is 43.2. The van der Waals surface area contributed by atoms with E-state index >= 15 is 0 Å². The number of rotatable bonds is 7. The van der Waals surface area contributed by atoms with E-state index in [1.165, 1.54) is 4.90 Å². The first kappa shape index (κ1) is 21.9. The molecule has 0 radical (unpaired) electrons. The lowest BCUT2D eigenvalue weighted by Gasteiger charge is -2.34. The zero-order chi connectivity index (χ0) is 21.5. The van der Waals surface area contributed by atoms with Crippen LogP contribution in [0.1, 0.15) is 19.8 Å². The summed E-state index contributed by atoms with van der Waals surface area (Å²) in [5.41, 5.74) is 0. The first-order valence-corrected chi connectivity index (χ1v) is 11.6. The highest BCUT2D eigenvalue weighted by Crippen LogP contribution is 2.71. The van der Waals surface area contributed by atoms with Gasteiger partial charge in [0, 0.05) is 44.5 Å². The number of nitrogens with zero attached hydrogens (tertiary/aromatic N) is 2. The number of ether oxygens (including phenoxy) is 1.